The topological polar surface area (TPSA) is 94.2 Å². The lowest BCUT2D eigenvalue weighted by Crippen LogP contribution is -2.51. The Bertz CT molecular complexity index is 815. The zero-order valence-corrected chi connectivity index (χ0v) is 15.5. The molecule has 2 aromatic rings. The molecule has 0 atom stereocenters. The molecule has 0 spiro atoms. The molecule has 3 rings (SSSR count). The molecule has 4 N–H and O–H groups in total. The van der Waals surface area contributed by atoms with E-state index in [0.29, 0.717) is 24.6 Å². The van der Waals surface area contributed by atoms with Crippen LogP contribution in [0.5, 0.6) is 5.75 Å². The zero-order valence-electron chi connectivity index (χ0n) is 15.5. The highest BCUT2D eigenvalue weighted by molar-refractivity contribution is 5.94. The largest absolute Gasteiger partial charge is 0.508 e. The van der Waals surface area contributed by atoms with Crippen LogP contribution in [0, 0.1) is 5.82 Å². The number of phenols is 1. The minimum Gasteiger partial charge on any atom is -0.508 e. The van der Waals surface area contributed by atoms with Gasteiger partial charge in [0.05, 0.1) is 6.54 Å². The maximum atomic E-state index is 13.0. The number of aromatic hydroxyl groups is 1. The molecule has 1 aliphatic rings. The minimum atomic E-state index is -0.240. The number of nitrogens with one attached hydrogen (secondary N) is 1. The highest BCUT2D eigenvalue weighted by Crippen LogP contribution is 2.16. The first-order valence-corrected chi connectivity index (χ1v) is 9.15. The molecule has 0 radical (unpaired) electrons. The third kappa shape index (κ3) is 5.12. The van der Waals surface area contributed by atoms with Crippen molar-refractivity contribution in [1.82, 2.24) is 10.2 Å². The number of carbonyl (C=O) groups is 1. The number of hydrogen-bond donors (Lipinski definition) is 3. The quantitative estimate of drug-likeness (QED) is 0.411. The van der Waals surface area contributed by atoms with Gasteiger partial charge in [-0.1, -0.05) is 0 Å². The summed E-state index contributed by atoms with van der Waals surface area (Å²) in [6.07, 6.45) is 0. The van der Waals surface area contributed by atoms with E-state index in [1.54, 1.807) is 24.3 Å². The summed E-state index contributed by atoms with van der Waals surface area (Å²) in [5.74, 6) is 0.115. The number of hydrogen-bond acceptors (Lipinski definition) is 4. The van der Waals surface area contributed by atoms with Crippen molar-refractivity contribution in [3.8, 4) is 5.75 Å². The predicted octanol–water partition coefficient (Wildman–Crippen LogP) is 1.40. The number of benzene rings is 2. The molecular formula is C20H24FN5O2. The van der Waals surface area contributed by atoms with Crippen molar-refractivity contribution >= 4 is 17.6 Å². The van der Waals surface area contributed by atoms with Crippen molar-refractivity contribution in [2.24, 2.45) is 10.7 Å². The van der Waals surface area contributed by atoms with E-state index in [0.717, 1.165) is 31.9 Å². The monoisotopic (exact) mass is 385 g/mol. The molecule has 148 valence electrons. The molecule has 0 aliphatic carbocycles. The Balaban J connectivity index is 1.41. The van der Waals surface area contributed by atoms with E-state index in [-0.39, 0.29) is 17.5 Å². The Kier molecular flexibility index (Phi) is 6.31. The van der Waals surface area contributed by atoms with Crippen molar-refractivity contribution in [1.29, 1.82) is 0 Å². The first-order chi connectivity index (χ1) is 13.5. The molecule has 1 aliphatic heterocycles. The van der Waals surface area contributed by atoms with Gasteiger partial charge in [-0.2, -0.15) is 0 Å². The second-order valence-corrected chi connectivity index (χ2v) is 6.49. The van der Waals surface area contributed by atoms with Crippen molar-refractivity contribution in [3.05, 3.63) is 59.9 Å². The van der Waals surface area contributed by atoms with Crippen LogP contribution in [0.2, 0.25) is 0 Å². The van der Waals surface area contributed by atoms with Gasteiger partial charge in [-0.25, -0.2) is 4.39 Å². The molecule has 1 fully saturated rings. The van der Waals surface area contributed by atoms with Gasteiger partial charge in [0, 0.05) is 44.0 Å². The Hall–Kier alpha value is -3.29. The van der Waals surface area contributed by atoms with Gasteiger partial charge in [-0.3, -0.25) is 9.79 Å². The van der Waals surface area contributed by atoms with Crippen LogP contribution in [-0.2, 0) is 0 Å². The first-order valence-electron chi connectivity index (χ1n) is 9.15. The molecule has 0 aromatic heterocycles. The van der Waals surface area contributed by atoms with Gasteiger partial charge in [0.15, 0.2) is 5.96 Å². The Labute approximate surface area is 163 Å². The van der Waals surface area contributed by atoms with Crippen LogP contribution >= 0.6 is 0 Å². The molecule has 28 heavy (non-hydrogen) atoms. The van der Waals surface area contributed by atoms with E-state index < -0.39 is 0 Å². The fourth-order valence-electron chi connectivity index (χ4n) is 3.00. The first kappa shape index (κ1) is 19.5. The van der Waals surface area contributed by atoms with Crippen LogP contribution in [0.1, 0.15) is 10.4 Å². The highest BCUT2D eigenvalue weighted by atomic mass is 19.1. The van der Waals surface area contributed by atoms with Gasteiger partial charge in [0.25, 0.3) is 5.91 Å². The summed E-state index contributed by atoms with van der Waals surface area (Å²) in [6.45, 7) is 3.77. The van der Waals surface area contributed by atoms with E-state index in [4.69, 9.17) is 5.73 Å². The number of carbonyl (C=O) groups excluding carboxylic acids is 1. The Morgan fingerprint density at radius 3 is 2.36 bits per heavy atom. The maximum absolute atomic E-state index is 13.0. The lowest BCUT2D eigenvalue weighted by Gasteiger charge is -2.36. The van der Waals surface area contributed by atoms with Gasteiger partial charge < -0.3 is 26.0 Å². The van der Waals surface area contributed by atoms with Gasteiger partial charge in [0.2, 0.25) is 0 Å². The van der Waals surface area contributed by atoms with Crippen LogP contribution in [0.15, 0.2) is 53.5 Å². The number of rotatable bonds is 5. The Morgan fingerprint density at radius 1 is 1.07 bits per heavy atom. The van der Waals surface area contributed by atoms with Crippen LogP contribution in [0.25, 0.3) is 0 Å². The van der Waals surface area contributed by atoms with E-state index >= 15 is 0 Å². The molecule has 2 aromatic carbocycles. The lowest BCUT2D eigenvalue weighted by atomic mass is 10.2. The molecule has 7 nitrogen and oxygen atoms in total. The van der Waals surface area contributed by atoms with Crippen LogP contribution in [0.3, 0.4) is 0 Å². The second kappa shape index (κ2) is 9.07. The van der Waals surface area contributed by atoms with Gasteiger partial charge in [-0.05, 0) is 48.5 Å². The van der Waals surface area contributed by atoms with Crippen molar-refractivity contribution in [3.63, 3.8) is 0 Å². The fraction of sp³-hybridized carbons (Fsp3) is 0.300. The van der Waals surface area contributed by atoms with E-state index in [2.05, 4.69) is 15.2 Å². The number of guanidine groups is 1. The second-order valence-electron chi connectivity index (χ2n) is 6.49. The minimum absolute atomic E-state index is 0.119. The summed E-state index contributed by atoms with van der Waals surface area (Å²) < 4.78 is 13.0. The van der Waals surface area contributed by atoms with E-state index in [1.807, 2.05) is 4.90 Å². The smallest absolute Gasteiger partial charge is 0.251 e. The molecule has 1 amide bonds. The number of amides is 1. The standard InChI is InChI=1S/C20H24FN5O2/c21-16-3-5-17(6-4-16)25-11-13-26(14-12-25)20(22)24-10-9-23-19(28)15-1-7-18(27)8-2-15/h1-8,27H,9-14H2,(H2,22,24)(H,23,28). The van der Waals surface area contributed by atoms with Crippen LogP contribution in [0.4, 0.5) is 10.1 Å². The van der Waals surface area contributed by atoms with Crippen LogP contribution < -0.4 is 16.0 Å². The number of nitrogens with zero attached hydrogens (tertiary/aromatic N) is 3. The number of aliphatic imine (C=N–C) groups is 1. The van der Waals surface area contributed by atoms with Gasteiger partial charge >= 0.3 is 0 Å². The summed E-state index contributed by atoms with van der Waals surface area (Å²) in [4.78, 5) is 20.5. The molecule has 8 heteroatoms. The predicted molar refractivity (Wildman–Crippen MR) is 107 cm³/mol. The number of nitrogens with two attached hydrogens (primary N) is 1. The molecule has 1 heterocycles. The molecular weight excluding hydrogens is 361 g/mol. The van der Waals surface area contributed by atoms with E-state index in [1.165, 1.54) is 24.3 Å². The summed E-state index contributed by atoms with van der Waals surface area (Å²) in [5, 5.41) is 12.0. The summed E-state index contributed by atoms with van der Waals surface area (Å²) in [5.41, 5.74) is 7.54. The van der Waals surface area contributed by atoms with Crippen molar-refractivity contribution in [2.45, 2.75) is 0 Å². The summed E-state index contributed by atoms with van der Waals surface area (Å²) in [7, 11) is 0. The number of halogens is 1. The number of anilines is 1. The average molecular weight is 385 g/mol. The zero-order chi connectivity index (χ0) is 19.9. The Morgan fingerprint density at radius 2 is 1.71 bits per heavy atom. The average Bonchev–Trinajstić information content (AvgIpc) is 2.72. The highest BCUT2D eigenvalue weighted by Gasteiger charge is 2.18. The van der Waals surface area contributed by atoms with Gasteiger partial charge in [0.1, 0.15) is 11.6 Å². The molecule has 0 bridgehead atoms. The van der Waals surface area contributed by atoms with Gasteiger partial charge in [-0.15, -0.1) is 0 Å². The third-order valence-electron chi connectivity index (χ3n) is 4.60. The summed E-state index contributed by atoms with van der Waals surface area (Å²) in [6, 6.07) is 12.5. The molecule has 0 saturated carbocycles. The molecule has 1 saturated heterocycles. The number of piperazine rings is 1. The fourth-order valence-corrected chi connectivity index (χ4v) is 3.00. The van der Waals surface area contributed by atoms with E-state index in [9.17, 15) is 14.3 Å². The lowest BCUT2D eigenvalue weighted by molar-refractivity contribution is 0.0955. The third-order valence-corrected chi connectivity index (χ3v) is 4.60. The SMILES string of the molecule is NC(=NCCNC(=O)c1ccc(O)cc1)N1CCN(c2ccc(F)cc2)CC1. The molecule has 0 unspecified atom stereocenters. The van der Waals surface area contributed by atoms with Crippen molar-refractivity contribution < 1.29 is 14.3 Å². The normalized spacial score (nSPS) is 14.8. The van der Waals surface area contributed by atoms with Crippen LogP contribution in [-0.4, -0.2) is 61.1 Å². The number of phenolic OH excluding ortho intramolecular Hbond substituents is 1. The summed E-state index contributed by atoms with van der Waals surface area (Å²) >= 11 is 0. The maximum Gasteiger partial charge on any atom is 0.251 e. The van der Waals surface area contributed by atoms with Crippen molar-refractivity contribution in [2.75, 3.05) is 44.2 Å².